The van der Waals surface area contributed by atoms with Crippen LogP contribution in [0.5, 0.6) is 0 Å². The van der Waals surface area contributed by atoms with E-state index in [1.807, 2.05) is 0 Å². The summed E-state index contributed by atoms with van der Waals surface area (Å²) < 4.78 is 0. The van der Waals surface area contributed by atoms with Gasteiger partial charge in [-0.15, -0.1) is 0 Å². The minimum Gasteiger partial charge on any atom is -0.368 e. The van der Waals surface area contributed by atoms with E-state index in [-0.39, 0.29) is 0 Å². The molecule has 3 saturated heterocycles. The summed E-state index contributed by atoms with van der Waals surface area (Å²) in [5.74, 6) is 2.45. The zero-order valence-electron chi connectivity index (χ0n) is 12.7. The summed E-state index contributed by atoms with van der Waals surface area (Å²) >= 11 is 0. The van der Waals surface area contributed by atoms with Gasteiger partial charge in [0.2, 0.25) is 5.95 Å². The third-order valence-electron chi connectivity index (χ3n) is 5.26. The Hall–Kier alpha value is -1.56. The molecule has 0 atom stereocenters. The van der Waals surface area contributed by atoms with Crippen LogP contribution >= 0.6 is 0 Å². The molecule has 0 aliphatic carbocycles. The van der Waals surface area contributed by atoms with Gasteiger partial charge < -0.3 is 20.4 Å². The highest BCUT2D eigenvalue weighted by molar-refractivity contribution is 5.56. The smallest absolute Gasteiger partial charge is 0.223 e. The number of likely N-dealkylation sites (N-methyl/N-ethyl adjacent to an activating group) is 1. The third kappa shape index (κ3) is 2.31. The minimum absolute atomic E-state index is 0.410. The number of aromatic nitrogens is 2. The minimum atomic E-state index is 0.410. The molecule has 2 N–H and O–H groups in total. The number of rotatable bonds is 2. The average Bonchev–Trinajstić information content (AvgIpc) is 3.07. The van der Waals surface area contributed by atoms with Crippen LogP contribution in [0.3, 0.4) is 0 Å². The van der Waals surface area contributed by atoms with Crippen LogP contribution in [0.1, 0.15) is 25.7 Å². The third-order valence-corrected chi connectivity index (χ3v) is 5.26. The number of fused-ring (bicyclic) bond motifs is 2. The van der Waals surface area contributed by atoms with Crippen molar-refractivity contribution in [3.05, 3.63) is 6.07 Å². The normalized spacial score (nSPS) is 29.4. The molecule has 4 heterocycles. The van der Waals surface area contributed by atoms with Crippen molar-refractivity contribution in [3.63, 3.8) is 0 Å². The number of piperazine rings is 1. The maximum atomic E-state index is 5.99. The van der Waals surface area contributed by atoms with Crippen LogP contribution in [0, 0.1) is 0 Å². The highest BCUT2D eigenvalue weighted by Crippen LogP contribution is 2.40. The van der Waals surface area contributed by atoms with Crippen LogP contribution < -0.4 is 15.5 Å². The summed E-state index contributed by atoms with van der Waals surface area (Å²) in [6, 6.07) is 3.49. The molecule has 3 fully saturated rings. The van der Waals surface area contributed by atoms with Crippen molar-refractivity contribution in [1.29, 1.82) is 0 Å². The molecular formula is C15H24N6. The average molecular weight is 288 g/mol. The van der Waals surface area contributed by atoms with Crippen molar-refractivity contribution in [1.82, 2.24) is 14.9 Å². The second kappa shape index (κ2) is 5.02. The first-order valence-electron chi connectivity index (χ1n) is 8.07. The molecule has 6 heteroatoms. The van der Waals surface area contributed by atoms with E-state index in [9.17, 15) is 0 Å². The van der Waals surface area contributed by atoms with Crippen molar-refractivity contribution in [2.24, 2.45) is 0 Å². The fraction of sp³-hybridized carbons (Fsp3) is 0.733. The molecule has 0 saturated carbocycles. The van der Waals surface area contributed by atoms with Crippen molar-refractivity contribution in [2.75, 3.05) is 48.8 Å². The Morgan fingerprint density at radius 3 is 2.14 bits per heavy atom. The number of nitrogens with zero attached hydrogens (tertiary/aromatic N) is 5. The Kier molecular flexibility index (Phi) is 3.14. The predicted octanol–water partition coefficient (Wildman–Crippen LogP) is 0.942. The quantitative estimate of drug-likeness (QED) is 0.874. The molecule has 1 aromatic rings. The van der Waals surface area contributed by atoms with Gasteiger partial charge in [0.1, 0.15) is 11.6 Å². The van der Waals surface area contributed by atoms with Crippen molar-refractivity contribution in [3.8, 4) is 0 Å². The lowest BCUT2D eigenvalue weighted by atomic mass is 10.0. The van der Waals surface area contributed by atoms with E-state index in [4.69, 9.17) is 5.73 Å². The summed E-state index contributed by atoms with van der Waals surface area (Å²) in [4.78, 5) is 16.2. The molecule has 4 rings (SSSR count). The van der Waals surface area contributed by atoms with Gasteiger partial charge in [0.25, 0.3) is 0 Å². The van der Waals surface area contributed by atoms with Crippen molar-refractivity contribution in [2.45, 2.75) is 37.8 Å². The van der Waals surface area contributed by atoms with Gasteiger partial charge >= 0.3 is 0 Å². The second-order valence-electron chi connectivity index (χ2n) is 6.60. The summed E-state index contributed by atoms with van der Waals surface area (Å²) in [5, 5.41) is 0. The van der Waals surface area contributed by atoms with Gasteiger partial charge in [-0.05, 0) is 32.7 Å². The summed E-state index contributed by atoms with van der Waals surface area (Å²) in [6.07, 6.45) is 5.22. The van der Waals surface area contributed by atoms with Crippen LogP contribution in [0.25, 0.3) is 0 Å². The van der Waals surface area contributed by atoms with E-state index in [0.29, 0.717) is 18.0 Å². The Bertz CT molecular complexity index is 505. The SMILES string of the molecule is CN1CCN(c2cc(N3C4CCC3CC4)nc(N)n2)CC1. The molecule has 1 aromatic heterocycles. The number of hydrogen-bond donors (Lipinski definition) is 1. The molecule has 3 aliphatic heterocycles. The Morgan fingerprint density at radius 2 is 1.52 bits per heavy atom. The fourth-order valence-corrected chi connectivity index (χ4v) is 4.06. The maximum Gasteiger partial charge on any atom is 0.223 e. The van der Waals surface area contributed by atoms with Gasteiger partial charge in [-0.1, -0.05) is 0 Å². The molecule has 0 aromatic carbocycles. The maximum absolute atomic E-state index is 5.99. The zero-order chi connectivity index (χ0) is 14.4. The molecule has 114 valence electrons. The number of hydrogen-bond acceptors (Lipinski definition) is 6. The van der Waals surface area contributed by atoms with Gasteiger partial charge in [-0.2, -0.15) is 9.97 Å². The molecule has 0 spiro atoms. The molecule has 6 nitrogen and oxygen atoms in total. The molecule has 0 radical (unpaired) electrons. The van der Waals surface area contributed by atoms with E-state index in [0.717, 1.165) is 37.8 Å². The lowest BCUT2D eigenvalue weighted by Crippen LogP contribution is -2.45. The Labute approximate surface area is 125 Å². The second-order valence-corrected chi connectivity index (χ2v) is 6.60. The summed E-state index contributed by atoms with van der Waals surface area (Å²) in [6.45, 7) is 4.18. The van der Waals surface area contributed by atoms with E-state index < -0.39 is 0 Å². The zero-order valence-corrected chi connectivity index (χ0v) is 12.7. The van der Waals surface area contributed by atoms with Gasteiger partial charge in [0, 0.05) is 44.3 Å². The highest BCUT2D eigenvalue weighted by Gasteiger charge is 2.40. The first kappa shape index (κ1) is 13.1. The Morgan fingerprint density at radius 1 is 0.952 bits per heavy atom. The number of nitrogens with two attached hydrogens (primary N) is 1. The standard InChI is InChI=1S/C15H24N6/c1-19-6-8-20(9-7-19)13-10-14(18-15(16)17-13)21-11-2-3-12(21)5-4-11/h10-12H,2-9H2,1H3,(H2,16,17,18). The molecule has 2 bridgehead atoms. The molecule has 3 aliphatic rings. The topological polar surface area (TPSA) is 61.5 Å². The summed E-state index contributed by atoms with van der Waals surface area (Å²) in [7, 11) is 2.17. The molecule has 21 heavy (non-hydrogen) atoms. The molecule has 0 unspecified atom stereocenters. The lowest BCUT2D eigenvalue weighted by molar-refractivity contribution is 0.312. The summed E-state index contributed by atoms with van der Waals surface area (Å²) in [5.41, 5.74) is 5.99. The van der Waals surface area contributed by atoms with Crippen molar-refractivity contribution < 1.29 is 0 Å². The van der Waals surface area contributed by atoms with Gasteiger partial charge in [-0.3, -0.25) is 0 Å². The molecular weight excluding hydrogens is 264 g/mol. The van der Waals surface area contributed by atoms with Crippen LogP contribution in [0.2, 0.25) is 0 Å². The van der Waals surface area contributed by atoms with E-state index in [2.05, 4.69) is 37.8 Å². The van der Waals surface area contributed by atoms with Crippen molar-refractivity contribution >= 4 is 17.6 Å². The molecule has 0 amide bonds. The van der Waals surface area contributed by atoms with Crippen LogP contribution in [0.4, 0.5) is 17.6 Å². The lowest BCUT2D eigenvalue weighted by Gasteiger charge is -2.34. The monoisotopic (exact) mass is 288 g/mol. The number of nitrogen functional groups attached to an aromatic ring is 1. The van der Waals surface area contributed by atoms with Gasteiger partial charge in [0.15, 0.2) is 0 Å². The number of anilines is 3. The Balaban J connectivity index is 1.61. The van der Waals surface area contributed by atoms with Crippen LogP contribution in [0.15, 0.2) is 6.07 Å². The van der Waals surface area contributed by atoms with Gasteiger partial charge in [-0.25, -0.2) is 0 Å². The van der Waals surface area contributed by atoms with E-state index in [1.165, 1.54) is 25.7 Å². The largest absolute Gasteiger partial charge is 0.368 e. The van der Waals surface area contributed by atoms with Crippen LogP contribution in [-0.2, 0) is 0 Å². The van der Waals surface area contributed by atoms with E-state index >= 15 is 0 Å². The van der Waals surface area contributed by atoms with Gasteiger partial charge in [0.05, 0.1) is 0 Å². The first-order valence-corrected chi connectivity index (χ1v) is 8.07. The van der Waals surface area contributed by atoms with E-state index in [1.54, 1.807) is 0 Å². The highest BCUT2D eigenvalue weighted by atomic mass is 15.3. The fourth-order valence-electron chi connectivity index (χ4n) is 4.06. The van der Waals surface area contributed by atoms with Crippen LogP contribution in [-0.4, -0.2) is 60.2 Å². The first-order chi connectivity index (χ1) is 10.2. The predicted molar refractivity (Wildman–Crippen MR) is 84.7 cm³/mol.